The Morgan fingerprint density at radius 1 is 1.26 bits per heavy atom. The summed E-state index contributed by atoms with van der Waals surface area (Å²) in [5.74, 6) is -0.443. The highest BCUT2D eigenvalue weighted by Crippen LogP contribution is 2.21. The van der Waals surface area contributed by atoms with Crippen LogP contribution in [0, 0.1) is 5.82 Å². The molecule has 23 heavy (non-hydrogen) atoms. The zero-order chi connectivity index (χ0) is 16.0. The van der Waals surface area contributed by atoms with Crippen molar-refractivity contribution >= 4 is 27.5 Å². The molecule has 0 atom stereocenters. The van der Waals surface area contributed by atoms with Crippen molar-refractivity contribution in [2.45, 2.75) is 13.0 Å². The third kappa shape index (κ3) is 2.61. The van der Waals surface area contributed by atoms with Crippen molar-refractivity contribution in [2.75, 3.05) is 6.54 Å². The van der Waals surface area contributed by atoms with Crippen molar-refractivity contribution in [1.29, 1.82) is 0 Å². The van der Waals surface area contributed by atoms with Gasteiger partial charge in [0.2, 0.25) is 0 Å². The number of aromatic nitrogens is 3. The largest absolute Gasteiger partial charge is 0.333 e. The van der Waals surface area contributed by atoms with Crippen molar-refractivity contribution in [3.05, 3.63) is 63.8 Å². The molecule has 1 aromatic carbocycles. The Morgan fingerprint density at radius 2 is 2.13 bits per heavy atom. The van der Waals surface area contributed by atoms with E-state index in [2.05, 4.69) is 26.0 Å². The number of hydrogen-bond acceptors (Lipinski definition) is 3. The average Bonchev–Trinajstić information content (AvgIpc) is 2.96. The number of hydrogen-bond donors (Lipinski definition) is 0. The zero-order valence-corrected chi connectivity index (χ0v) is 13.6. The van der Waals surface area contributed by atoms with E-state index in [-0.39, 0.29) is 11.7 Å². The molecule has 1 aliphatic heterocycles. The fourth-order valence-electron chi connectivity index (χ4n) is 2.82. The summed E-state index contributed by atoms with van der Waals surface area (Å²) < 4.78 is 15.7. The Labute approximate surface area is 139 Å². The lowest BCUT2D eigenvalue weighted by Gasteiger charge is -2.28. The molecule has 0 radical (unpaired) electrons. The zero-order valence-electron chi connectivity index (χ0n) is 12.0. The molecule has 7 heteroatoms. The van der Waals surface area contributed by atoms with Crippen LogP contribution in [-0.4, -0.2) is 31.9 Å². The van der Waals surface area contributed by atoms with Crippen LogP contribution in [0.5, 0.6) is 0 Å². The first kappa shape index (κ1) is 14.3. The van der Waals surface area contributed by atoms with Crippen molar-refractivity contribution in [2.24, 2.45) is 0 Å². The van der Waals surface area contributed by atoms with Gasteiger partial charge in [-0.15, -0.1) is 0 Å². The first-order valence-corrected chi connectivity index (χ1v) is 7.97. The molecule has 3 heterocycles. The van der Waals surface area contributed by atoms with Crippen molar-refractivity contribution < 1.29 is 9.18 Å². The molecule has 0 unspecified atom stereocenters. The van der Waals surface area contributed by atoms with E-state index in [1.807, 2.05) is 0 Å². The van der Waals surface area contributed by atoms with Crippen LogP contribution in [0.2, 0.25) is 0 Å². The van der Waals surface area contributed by atoms with E-state index >= 15 is 0 Å². The fraction of sp³-hybridized carbons (Fsp3) is 0.188. The van der Waals surface area contributed by atoms with Gasteiger partial charge in [0.15, 0.2) is 11.3 Å². The van der Waals surface area contributed by atoms with E-state index in [4.69, 9.17) is 0 Å². The van der Waals surface area contributed by atoms with Gasteiger partial charge < -0.3 is 4.90 Å². The third-order valence-corrected chi connectivity index (χ3v) is 4.38. The number of nitrogens with zero attached hydrogens (tertiary/aromatic N) is 4. The van der Waals surface area contributed by atoms with Gasteiger partial charge in [-0.25, -0.2) is 13.9 Å². The standard InChI is InChI=1S/C16H12BrFN4O/c17-12-7-19-15-6-14(20-22(15)9-12)16(23)21-4-3-10-1-2-13(18)5-11(10)8-21/h1-2,5-7,9H,3-4,8H2. The monoisotopic (exact) mass is 374 g/mol. The summed E-state index contributed by atoms with van der Waals surface area (Å²) >= 11 is 3.33. The Balaban J connectivity index is 1.63. The molecule has 0 saturated heterocycles. The summed E-state index contributed by atoms with van der Waals surface area (Å²) in [5, 5.41) is 4.28. The lowest BCUT2D eigenvalue weighted by molar-refractivity contribution is 0.0728. The highest BCUT2D eigenvalue weighted by atomic mass is 79.9. The summed E-state index contributed by atoms with van der Waals surface area (Å²) in [5.41, 5.74) is 2.90. The second kappa shape index (κ2) is 5.42. The Morgan fingerprint density at radius 3 is 3.00 bits per heavy atom. The second-order valence-corrected chi connectivity index (χ2v) is 6.41. The van der Waals surface area contributed by atoms with E-state index < -0.39 is 0 Å². The highest BCUT2D eigenvalue weighted by Gasteiger charge is 2.24. The minimum atomic E-state index is -0.278. The third-order valence-electron chi connectivity index (χ3n) is 3.97. The summed E-state index contributed by atoms with van der Waals surface area (Å²) in [7, 11) is 0. The van der Waals surface area contributed by atoms with E-state index in [0.29, 0.717) is 24.4 Å². The number of rotatable bonds is 1. The number of amides is 1. The number of carbonyl (C=O) groups is 1. The maximum absolute atomic E-state index is 13.4. The summed E-state index contributed by atoms with van der Waals surface area (Å²) in [6.07, 6.45) is 4.13. The molecule has 0 spiro atoms. The maximum Gasteiger partial charge on any atom is 0.274 e. The molecule has 4 rings (SSSR count). The van der Waals surface area contributed by atoms with Gasteiger partial charge in [0.05, 0.1) is 4.47 Å². The van der Waals surface area contributed by atoms with E-state index in [1.54, 1.807) is 33.9 Å². The predicted octanol–water partition coefficient (Wildman–Crippen LogP) is 2.83. The quantitative estimate of drug-likeness (QED) is 0.657. The molecular weight excluding hydrogens is 363 g/mol. The van der Waals surface area contributed by atoms with Gasteiger partial charge in [0.1, 0.15) is 5.82 Å². The lowest BCUT2D eigenvalue weighted by atomic mass is 9.99. The molecule has 3 aromatic rings. The molecule has 0 bridgehead atoms. The molecule has 2 aromatic heterocycles. The lowest BCUT2D eigenvalue weighted by Crippen LogP contribution is -2.36. The SMILES string of the molecule is O=C(c1cc2ncc(Br)cn2n1)N1CCc2ccc(F)cc2C1. The highest BCUT2D eigenvalue weighted by molar-refractivity contribution is 9.10. The first-order valence-electron chi connectivity index (χ1n) is 7.18. The minimum absolute atomic E-state index is 0.165. The van der Waals surface area contributed by atoms with Crippen LogP contribution >= 0.6 is 15.9 Å². The van der Waals surface area contributed by atoms with Gasteiger partial charge in [-0.1, -0.05) is 6.07 Å². The smallest absolute Gasteiger partial charge is 0.274 e. The van der Waals surface area contributed by atoms with Gasteiger partial charge in [-0.3, -0.25) is 4.79 Å². The van der Waals surface area contributed by atoms with Crippen molar-refractivity contribution in [1.82, 2.24) is 19.5 Å². The van der Waals surface area contributed by atoms with Crippen LogP contribution in [0.3, 0.4) is 0 Å². The average molecular weight is 375 g/mol. The van der Waals surface area contributed by atoms with Gasteiger partial charge in [-0.2, -0.15) is 5.10 Å². The minimum Gasteiger partial charge on any atom is -0.333 e. The van der Waals surface area contributed by atoms with E-state index in [0.717, 1.165) is 22.0 Å². The molecule has 5 nitrogen and oxygen atoms in total. The predicted molar refractivity (Wildman–Crippen MR) is 85.5 cm³/mol. The molecular formula is C16H12BrFN4O. The van der Waals surface area contributed by atoms with Crippen LogP contribution in [-0.2, 0) is 13.0 Å². The second-order valence-electron chi connectivity index (χ2n) is 5.49. The number of benzene rings is 1. The van der Waals surface area contributed by atoms with Crippen molar-refractivity contribution in [3.8, 4) is 0 Å². The van der Waals surface area contributed by atoms with Gasteiger partial charge >= 0.3 is 0 Å². The number of fused-ring (bicyclic) bond motifs is 2. The normalized spacial score (nSPS) is 14.1. The van der Waals surface area contributed by atoms with Gasteiger partial charge in [0, 0.05) is 31.5 Å². The summed E-state index contributed by atoms with van der Waals surface area (Å²) in [6.45, 7) is 0.999. The summed E-state index contributed by atoms with van der Waals surface area (Å²) in [4.78, 5) is 18.6. The summed E-state index contributed by atoms with van der Waals surface area (Å²) in [6, 6.07) is 6.41. The topological polar surface area (TPSA) is 50.5 Å². The van der Waals surface area contributed by atoms with Gasteiger partial charge in [-0.05, 0) is 45.6 Å². The van der Waals surface area contributed by atoms with Crippen LogP contribution in [0.15, 0.2) is 41.1 Å². The molecule has 1 aliphatic rings. The molecule has 0 saturated carbocycles. The van der Waals surface area contributed by atoms with Crippen molar-refractivity contribution in [3.63, 3.8) is 0 Å². The number of carbonyl (C=O) groups excluding carboxylic acids is 1. The van der Waals surface area contributed by atoms with Crippen LogP contribution < -0.4 is 0 Å². The van der Waals surface area contributed by atoms with Crippen LogP contribution in [0.25, 0.3) is 5.65 Å². The van der Waals surface area contributed by atoms with E-state index in [1.165, 1.54) is 12.1 Å². The molecule has 116 valence electrons. The number of halogens is 2. The molecule has 0 N–H and O–H groups in total. The Bertz CT molecular complexity index is 924. The molecule has 0 aliphatic carbocycles. The fourth-order valence-corrected chi connectivity index (χ4v) is 3.12. The van der Waals surface area contributed by atoms with Crippen LogP contribution in [0.4, 0.5) is 4.39 Å². The van der Waals surface area contributed by atoms with E-state index in [9.17, 15) is 9.18 Å². The Kier molecular flexibility index (Phi) is 3.37. The maximum atomic E-state index is 13.4. The van der Waals surface area contributed by atoms with Gasteiger partial charge in [0.25, 0.3) is 5.91 Å². The molecule has 1 amide bonds. The molecule has 0 fully saturated rings. The first-order chi connectivity index (χ1) is 11.1. The van der Waals surface area contributed by atoms with Crippen LogP contribution in [0.1, 0.15) is 21.6 Å². The Hall–Kier alpha value is -2.28.